The van der Waals surface area contributed by atoms with Gasteiger partial charge in [0.25, 0.3) is 5.91 Å². The fourth-order valence-electron chi connectivity index (χ4n) is 4.91. The Morgan fingerprint density at radius 1 is 1.29 bits per heavy atom. The molecule has 2 heterocycles. The van der Waals surface area contributed by atoms with Gasteiger partial charge in [-0.05, 0) is 37.5 Å². The van der Waals surface area contributed by atoms with Gasteiger partial charge < -0.3 is 4.90 Å². The molecule has 4 rings (SSSR count). The van der Waals surface area contributed by atoms with Crippen LogP contribution >= 0.6 is 11.8 Å². The van der Waals surface area contributed by atoms with Crippen LogP contribution in [0.1, 0.15) is 46.0 Å². The molecule has 4 fully saturated rings. The van der Waals surface area contributed by atoms with Gasteiger partial charge >= 0.3 is 0 Å². The average Bonchev–Trinajstić information content (AvgIpc) is 3.25. The minimum Gasteiger partial charge on any atom is -0.343 e. The maximum absolute atomic E-state index is 12.4. The second kappa shape index (κ2) is 6.01. The van der Waals surface area contributed by atoms with E-state index in [4.69, 9.17) is 0 Å². The number of amides is 1. The maximum Gasteiger partial charge on any atom is 0.250 e. The van der Waals surface area contributed by atoms with Crippen molar-refractivity contribution in [2.75, 3.05) is 11.5 Å². The summed E-state index contributed by atoms with van der Waals surface area (Å²) in [6, 6.07) is 0.413. The van der Waals surface area contributed by atoms with E-state index in [0.29, 0.717) is 12.0 Å². The molecule has 5 nitrogen and oxygen atoms in total. The number of sulfone groups is 1. The SMILES string of the molecule is CC[C@H](C)C(=O)N=C1S[C@@H]2CS(=O)(=O)C[C@H]2N1[C@@H]1C[C@H]2CC[C@H]1C2. The molecule has 0 radical (unpaired) electrons. The van der Waals surface area contributed by atoms with E-state index in [2.05, 4.69) is 9.89 Å². The fraction of sp³-hybridized carbons (Fsp3) is 0.882. The number of hydrogen-bond acceptors (Lipinski definition) is 4. The van der Waals surface area contributed by atoms with Crippen LogP contribution in [0, 0.1) is 17.8 Å². The van der Waals surface area contributed by atoms with E-state index in [1.54, 1.807) is 0 Å². The lowest BCUT2D eigenvalue weighted by Gasteiger charge is -2.36. The minimum absolute atomic E-state index is 0.0211. The van der Waals surface area contributed by atoms with E-state index >= 15 is 0 Å². The quantitative estimate of drug-likeness (QED) is 0.763. The molecule has 6 atom stereocenters. The first-order valence-corrected chi connectivity index (χ1v) is 11.9. The van der Waals surface area contributed by atoms with E-state index in [1.807, 2.05) is 13.8 Å². The fourth-order valence-corrected chi connectivity index (χ4v) is 8.89. The number of aliphatic imine (C=N–C) groups is 1. The summed E-state index contributed by atoms with van der Waals surface area (Å²) >= 11 is 1.54. The van der Waals surface area contributed by atoms with Crippen molar-refractivity contribution in [3.05, 3.63) is 0 Å². The number of carbonyl (C=O) groups is 1. The second-order valence-electron chi connectivity index (χ2n) is 7.99. The van der Waals surface area contributed by atoms with Gasteiger partial charge in [-0.15, -0.1) is 0 Å². The molecule has 2 saturated heterocycles. The molecule has 7 heteroatoms. The monoisotopic (exact) mass is 370 g/mol. The lowest BCUT2D eigenvalue weighted by Crippen LogP contribution is -2.47. The predicted octanol–water partition coefficient (Wildman–Crippen LogP) is 2.32. The summed E-state index contributed by atoms with van der Waals surface area (Å²) in [6.45, 7) is 3.92. The van der Waals surface area contributed by atoms with Gasteiger partial charge in [-0.25, -0.2) is 8.42 Å². The second-order valence-corrected chi connectivity index (χ2v) is 11.4. The first kappa shape index (κ1) is 16.9. The molecule has 0 unspecified atom stereocenters. The highest BCUT2D eigenvalue weighted by atomic mass is 32.2. The van der Waals surface area contributed by atoms with Gasteiger partial charge in [0.05, 0.1) is 17.5 Å². The summed E-state index contributed by atoms with van der Waals surface area (Å²) in [7, 11) is -2.96. The van der Waals surface area contributed by atoms with Crippen molar-refractivity contribution in [2.24, 2.45) is 22.7 Å². The van der Waals surface area contributed by atoms with Crippen LogP contribution in [0.5, 0.6) is 0 Å². The van der Waals surface area contributed by atoms with Crippen molar-refractivity contribution < 1.29 is 13.2 Å². The first-order chi connectivity index (χ1) is 11.4. The predicted molar refractivity (Wildman–Crippen MR) is 96.8 cm³/mol. The van der Waals surface area contributed by atoms with Crippen LogP contribution in [0.15, 0.2) is 4.99 Å². The number of nitrogens with zero attached hydrogens (tertiary/aromatic N) is 2. The molecule has 2 saturated carbocycles. The Bertz CT molecular complexity index is 675. The highest BCUT2D eigenvalue weighted by molar-refractivity contribution is 8.15. The molecule has 0 N–H and O–H groups in total. The Kier molecular flexibility index (Phi) is 4.23. The molecule has 2 aliphatic carbocycles. The zero-order chi connectivity index (χ0) is 17.1. The number of thioether (sulfide) groups is 1. The van der Waals surface area contributed by atoms with Crippen LogP contribution in [-0.2, 0) is 14.6 Å². The highest BCUT2D eigenvalue weighted by Crippen LogP contribution is 2.51. The molecule has 0 aromatic rings. The van der Waals surface area contributed by atoms with Crippen molar-refractivity contribution in [1.29, 1.82) is 0 Å². The number of hydrogen-bond donors (Lipinski definition) is 0. The molecule has 0 aromatic carbocycles. The van der Waals surface area contributed by atoms with Crippen LogP contribution < -0.4 is 0 Å². The first-order valence-electron chi connectivity index (χ1n) is 9.16. The Labute approximate surface area is 148 Å². The van der Waals surface area contributed by atoms with Gasteiger partial charge in [-0.3, -0.25) is 4.79 Å². The maximum atomic E-state index is 12.4. The van der Waals surface area contributed by atoms with Crippen molar-refractivity contribution in [3.63, 3.8) is 0 Å². The zero-order valence-electron chi connectivity index (χ0n) is 14.3. The third kappa shape index (κ3) is 2.81. The summed E-state index contributed by atoms with van der Waals surface area (Å²) in [6.07, 6.45) is 5.75. The van der Waals surface area contributed by atoms with Crippen LogP contribution in [-0.4, -0.2) is 53.2 Å². The van der Waals surface area contributed by atoms with Crippen LogP contribution in [0.4, 0.5) is 0 Å². The molecule has 4 aliphatic rings. The molecule has 0 spiro atoms. The number of rotatable bonds is 3. The van der Waals surface area contributed by atoms with Gasteiger partial charge in [0, 0.05) is 17.2 Å². The lowest BCUT2D eigenvalue weighted by molar-refractivity contribution is -0.121. The summed E-state index contributed by atoms with van der Waals surface area (Å²) in [4.78, 5) is 19.1. The summed E-state index contributed by atoms with van der Waals surface area (Å²) in [5.74, 6) is 1.78. The minimum atomic E-state index is -2.96. The number of fused-ring (bicyclic) bond motifs is 3. The van der Waals surface area contributed by atoms with Gasteiger partial charge in [0.1, 0.15) is 0 Å². The summed E-state index contributed by atoms with van der Waals surface area (Å²) < 4.78 is 24.2. The van der Waals surface area contributed by atoms with Crippen LogP contribution in [0.25, 0.3) is 0 Å². The Balaban J connectivity index is 1.64. The van der Waals surface area contributed by atoms with Gasteiger partial charge in [0.2, 0.25) is 0 Å². The standard InChI is InChI=1S/C17H26N2O3S2/c1-3-10(2)16(20)18-17-19(13-7-11-4-5-12(13)6-11)14-8-24(21,22)9-15(14)23-17/h10-15H,3-9H2,1-2H3/t10-,11-,12-,13+,14+,15+/m0/s1. The third-order valence-electron chi connectivity index (χ3n) is 6.40. The van der Waals surface area contributed by atoms with E-state index < -0.39 is 9.84 Å². The third-order valence-corrected chi connectivity index (χ3v) is 9.63. The number of carbonyl (C=O) groups excluding carboxylic acids is 1. The van der Waals surface area contributed by atoms with E-state index in [9.17, 15) is 13.2 Å². The smallest absolute Gasteiger partial charge is 0.250 e. The van der Waals surface area contributed by atoms with Gasteiger partial charge in [-0.2, -0.15) is 4.99 Å². The molecule has 2 bridgehead atoms. The lowest BCUT2D eigenvalue weighted by atomic mass is 9.93. The van der Waals surface area contributed by atoms with Gasteiger partial charge in [-0.1, -0.05) is 32.0 Å². The summed E-state index contributed by atoms with van der Waals surface area (Å²) in [5.41, 5.74) is 0. The van der Waals surface area contributed by atoms with Crippen molar-refractivity contribution >= 4 is 32.7 Å². The Morgan fingerprint density at radius 3 is 2.71 bits per heavy atom. The Hall–Kier alpha value is -0.560. The molecule has 2 aliphatic heterocycles. The molecule has 134 valence electrons. The average molecular weight is 371 g/mol. The van der Waals surface area contributed by atoms with Crippen molar-refractivity contribution in [3.8, 4) is 0 Å². The van der Waals surface area contributed by atoms with Crippen molar-refractivity contribution in [2.45, 2.75) is 63.3 Å². The van der Waals surface area contributed by atoms with Crippen molar-refractivity contribution in [1.82, 2.24) is 4.90 Å². The number of amidine groups is 1. The van der Waals surface area contributed by atoms with Gasteiger partial charge in [0.15, 0.2) is 15.0 Å². The van der Waals surface area contributed by atoms with E-state index in [-0.39, 0.29) is 34.6 Å². The normalized spacial score (nSPS) is 42.7. The van der Waals surface area contributed by atoms with Crippen LogP contribution in [0.3, 0.4) is 0 Å². The molecular weight excluding hydrogens is 344 g/mol. The summed E-state index contributed by atoms with van der Waals surface area (Å²) in [5, 5.41) is 0.861. The molecule has 24 heavy (non-hydrogen) atoms. The molecule has 0 aromatic heterocycles. The molecular formula is C17H26N2O3S2. The highest BCUT2D eigenvalue weighted by Gasteiger charge is 2.54. The topological polar surface area (TPSA) is 66.8 Å². The van der Waals surface area contributed by atoms with E-state index in [1.165, 1.54) is 31.0 Å². The molecule has 1 amide bonds. The Morgan fingerprint density at radius 2 is 2.08 bits per heavy atom. The zero-order valence-corrected chi connectivity index (χ0v) is 16.0. The largest absolute Gasteiger partial charge is 0.343 e. The van der Waals surface area contributed by atoms with Crippen LogP contribution in [0.2, 0.25) is 0 Å². The van der Waals surface area contributed by atoms with E-state index in [0.717, 1.165) is 23.9 Å².